The molecule has 13 heavy (non-hydrogen) atoms. The Hall–Kier alpha value is -0.830. The molecule has 1 fully saturated rings. The van der Waals surface area contributed by atoms with Crippen LogP contribution in [0.4, 0.5) is 0 Å². The molecule has 1 atom stereocenters. The van der Waals surface area contributed by atoms with E-state index in [1.165, 1.54) is 24.8 Å². The van der Waals surface area contributed by atoms with Gasteiger partial charge in [-0.25, -0.2) is 0 Å². The molecule has 0 aromatic rings. The molecule has 1 rings (SSSR count). The number of carbonyl (C=O) groups is 1. The van der Waals surface area contributed by atoms with Gasteiger partial charge in [-0.05, 0) is 25.7 Å². The Bertz CT molecular complexity index is 200. The van der Waals surface area contributed by atoms with Gasteiger partial charge < -0.3 is 10.2 Å². The van der Waals surface area contributed by atoms with Gasteiger partial charge in [-0.1, -0.05) is 18.1 Å². The number of hydrogen-bond acceptors (Lipinski definition) is 2. The van der Waals surface area contributed by atoms with E-state index in [1.807, 2.05) is 0 Å². The minimum atomic E-state index is -0.944. The van der Waals surface area contributed by atoms with Crippen LogP contribution in [0.15, 0.2) is 11.6 Å². The van der Waals surface area contributed by atoms with Gasteiger partial charge in [-0.15, -0.1) is 0 Å². The maximum Gasteiger partial charge on any atom is 0.306 e. The van der Waals surface area contributed by atoms with Crippen molar-refractivity contribution in [3.8, 4) is 0 Å². The molecule has 0 aliphatic heterocycles. The second-order valence-corrected chi connectivity index (χ2v) is 3.55. The number of carboxylic acids is 1. The van der Waals surface area contributed by atoms with E-state index in [1.54, 1.807) is 6.08 Å². The molecular weight excluding hydrogens is 168 g/mol. The van der Waals surface area contributed by atoms with Crippen molar-refractivity contribution in [1.29, 1.82) is 0 Å². The van der Waals surface area contributed by atoms with Crippen molar-refractivity contribution < 1.29 is 15.0 Å². The first-order valence-corrected chi connectivity index (χ1v) is 4.78. The standard InChI is InChI=1S/C10H16O3/c11-9(7-10(12)13)6-8-4-2-1-3-5-8/h6,9,11H,1-5,7H2,(H,12,13). The molecule has 0 bridgehead atoms. The van der Waals surface area contributed by atoms with Gasteiger partial charge in [0.05, 0.1) is 12.5 Å². The first-order valence-electron chi connectivity index (χ1n) is 4.78. The second kappa shape index (κ2) is 5.02. The van der Waals surface area contributed by atoms with Crippen molar-refractivity contribution in [3.05, 3.63) is 11.6 Å². The highest BCUT2D eigenvalue weighted by Crippen LogP contribution is 2.23. The SMILES string of the molecule is O=C(O)CC(O)C=C1CCCCC1. The molecule has 1 aliphatic carbocycles. The Kier molecular flexibility index (Phi) is 3.96. The Morgan fingerprint density at radius 2 is 2.00 bits per heavy atom. The highest BCUT2D eigenvalue weighted by atomic mass is 16.4. The van der Waals surface area contributed by atoms with Crippen LogP contribution in [-0.2, 0) is 4.79 Å². The van der Waals surface area contributed by atoms with E-state index < -0.39 is 12.1 Å². The lowest BCUT2D eigenvalue weighted by molar-refractivity contribution is -0.138. The molecule has 0 aromatic heterocycles. The highest BCUT2D eigenvalue weighted by molar-refractivity contribution is 5.67. The topological polar surface area (TPSA) is 57.5 Å². The van der Waals surface area contributed by atoms with Gasteiger partial charge in [0.1, 0.15) is 0 Å². The van der Waals surface area contributed by atoms with E-state index in [2.05, 4.69) is 0 Å². The van der Waals surface area contributed by atoms with Crippen molar-refractivity contribution >= 4 is 5.97 Å². The highest BCUT2D eigenvalue weighted by Gasteiger charge is 2.10. The van der Waals surface area contributed by atoms with E-state index in [4.69, 9.17) is 5.11 Å². The van der Waals surface area contributed by atoms with E-state index in [9.17, 15) is 9.90 Å². The third kappa shape index (κ3) is 4.08. The summed E-state index contributed by atoms with van der Waals surface area (Å²) in [5.74, 6) is -0.944. The van der Waals surface area contributed by atoms with Crippen LogP contribution < -0.4 is 0 Å². The monoisotopic (exact) mass is 184 g/mol. The van der Waals surface area contributed by atoms with Crippen molar-refractivity contribution in [2.45, 2.75) is 44.6 Å². The number of allylic oxidation sites excluding steroid dienone is 1. The molecule has 0 saturated heterocycles. The van der Waals surface area contributed by atoms with E-state index in [0.29, 0.717) is 0 Å². The molecule has 0 aromatic carbocycles. The number of hydrogen-bond donors (Lipinski definition) is 2. The summed E-state index contributed by atoms with van der Waals surface area (Å²) in [6, 6.07) is 0. The smallest absolute Gasteiger partial charge is 0.306 e. The van der Waals surface area contributed by atoms with Crippen molar-refractivity contribution in [2.24, 2.45) is 0 Å². The summed E-state index contributed by atoms with van der Waals surface area (Å²) in [5.41, 5.74) is 1.22. The summed E-state index contributed by atoms with van der Waals surface area (Å²) in [5, 5.41) is 17.7. The fraction of sp³-hybridized carbons (Fsp3) is 0.700. The third-order valence-corrected chi connectivity index (χ3v) is 2.31. The Morgan fingerprint density at radius 3 is 2.54 bits per heavy atom. The van der Waals surface area contributed by atoms with Crippen LogP contribution in [0.5, 0.6) is 0 Å². The van der Waals surface area contributed by atoms with Gasteiger partial charge in [-0.2, -0.15) is 0 Å². The van der Waals surface area contributed by atoms with E-state index >= 15 is 0 Å². The number of rotatable bonds is 3. The summed E-state index contributed by atoms with van der Waals surface area (Å²) in [7, 11) is 0. The zero-order chi connectivity index (χ0) is 9.68. The van der Waals surface area contributed by atoms with Gasteiger partial charge in [-0.3, -0.25) is 4.79 Å². The second-order valence-electron chi connectivity index (χ2n) is 3.55. The molecule has 3 heteroatoms. The molecule has 1 unspecified atom stereocenters. The lowest BCUT2D eigenvalue weighted by atomic mass is 9.93. The first-order chi connectivity index (χ1) is 6.18. The Balaban J connectivity index is 2.38. The summed E-state index contributed by atoms with van der Waals surface area (Å²) >= 11 is 0. The fourth-order valence-electron chi connectivity index (χ4n) is 1.68. The first kappa shape index (κ1) is 10.3. The van der Waals surface area contributed by atoms with Crippen LogP contribution in [0.3, 0.4) is 0 Å². The molecule has 74 valence electrons. The Labute approximate surface area is 78.1 Å². The molecule has 0 heterocycles. The number of aliphatic hydroxyl groups excluding tert-OH is 1. The average molecular weight is 184 g/mol. The molecule has 1 aliphatic rings. The van der Waals surface area contributed by atoms with E-state index in [0.717, 1.165) is 12.8 Å². The predicted octanol–water partition coefficient (Wildman–Crippen LogP) is 1.71. The summed E-state index contributed by atoms with van der Waals surface area (Å²) in [6.45, 7) is 0. The van der Waals surface area contributed by atoms with Gasteiger partial charge in [0, 0.05) is 0 Å². The minimum Gasteiger partial charge on any atom is -0.481 e. The van der Waals surface area contributed by atoms with Crippen molar-refractivity contribution in [2.75, 3.05) is 0 Å². The normalized spacial score (nSPS) is 19.6. The largest absolute Gasteiger partial charge is 0.481 e. The molecule has 0 amide bonds. The maximum absolute atomic E-state index is 10.3. The van der Waals surface area contributed by atoms with Crippen LogP contribution in [0.2, 0.25) is 0 Å². The fourth-order valence-corrected chi connectivity index (χ4v) is 1.68. The quantitative estimate of drug-likeness (QED) is 0.656. The predicted molar refractivity (Wildman–Crippen MR) is 49.4 cm³/mol. The van der Waals surface area contributed by atoms with Gasteiger partial charge in [0.15, 0.2) is 0 Å². The van der Waals surface area contributed by atoms with Crippen LogP contribution in [0.25, 0.3) is 0 Å². The zero-order valence-corrected chi connectivity index (χ0v) is 7.70. The summed E-state index contributed by atoms with van der Waals surface area (Å²) in [4.78, 5) is 10.3. The van der Waals surface area contributed by atoms with Crippen LogP contribution in [0.1, 0.15) is 38.5 Å². The van der Waals surface area contributed by atoms with Crippen molar-refractivity contribution in [1.82, 2.24) is 0 Å². The Morgan fingerprint density at radius 1 is 1.38 bits per heavy atom. The van der Waals surface area contributed by atoms with Crippen molar-refractivity contribution in [3.63, 3.8) is 0 Å². The third-order valence-electron chi connectivity index (χ3n) is 2.31. The summed E-state index contributed by atoms with van der Waals surface area (Å²) in [6.07, 6.45) is 6.39. The maximum atomic E-state index is 10.3. The minimum absolute atomic E-state index is 0.177. The lowest BCUT2D eigenvalue weighted by Gasteiger charge is -2.14. The number of aliphatic hydroxyl groups is 1. The van der Waals surface area contributed by atoms with Gasteiger partial charge >= 0.3 is 5.97 Å². The molecular formula is C10H16O3. The van der Waals surface area contributed by atoms with Gasteiger partial charge in [0.2, 0.25) is 0 Å². The molecule has 3 nitrogen and oxygen atoms in total. The lowest BCUT2D eigenvalue weighted by Crippen LogP contribution is -2.11. The van der Waals surface area contributed by atoms with Gasteiger partial charge in [0.25, 0.3) is 0 Å². The number of carboxylic acid groups (broad SMARTS) is 1. The average Bonchev–Trinajstić information content (AvgIpc) is 2.04. The van der Waals surface area contributed by atoms with Crippen LogP contribution in [0, 0.1) is 0 Å². The molecule has 2 N–H and O–H groups in total. The summed E-state index contributed by atoms with van der Waals surface area (Å²) < 4.78 is 0. The van der Waals surface area contributed by atoms with Crippen LogP contribution >= 0.6 is 0 Å². The zero-order valence-electron chi connectivity index (χ0n) is 7.70. The molecule has 0 spiro atoms. The van der Waals surface area contributed by atoms with Crippen LogP contribution in [-0.4, -0.2) is 22.3 Å². The number of aliphatic carboxylic acids is 1. The molecule has 1 saturated carbocycles. The molecule has 0 radical (unpaired) electrons. The van der Waals surface area contributed by atoms with E-state index in [-0.39, 0.29) is 6.42 Å².